The molecule has 0 bridgehead atoms. The van der Waals surface area contributed by atoms with Gasteiger partial charge in [-0.1, -0.05) is 18.2 Å². The van der Waals surface area contributed by atoms with E-state index < -0.39 is 0 Å². The van der Waals surface area contributed by atoms with E-state index in [0.717, 1.165) is 27.4 Å². The molecule has 82 valence electrons. The summed E-state index contributed by atoms with van der Waals surface area (Å²) in [5.74, 6) is 0.0834. The Morgan fingerprint density at radius 2 is 1.71 bits per heavy atom. The number of fused-ring (bicyclic) bond motifs is 2. The highest BCUT2D eigenvalue weighted by Crippen LogP contribution is 2.20. The minimum absolute atomic E-state index is 0.0834. The lowest BCUT2D eigenvalue weighted by Gasteiger charge is -2.02. The molecule has 3 rings (SSSR count). The highest BCUT2D eigenvalue weighted by Gasteiger charge is 2.03. The highest BCUT2D eigenvalue weighted by atomic mass is 16.1. The van der Waals surface area contributed by atoms with E-state index >= 15 is 0 Å². The maximum atomic E-state index is 11.3. The second-order valence-electron chi connectivity index (χ2n) is 4.14. The van der Waals surface area contributed by atoms with Crippen LogP contribution >= 0.6 is 0 Å². The molecule has 0 saturated heterocycles. The Morgan fingerprint density at radius 1 is 0.941 bits per heavy atom. The van der Waals surface area contributed by atoms with E-state index in [2.05, 4.69) is 11.1 Å². The molecule has 0 spiro atoms. The summed E-state index contributed by atoms with van der Waals surface area (Å²) < 4.78 is 0. The molecule has 1 heterocycles. The van der Waals surface area contributed by atoms with Gasteiger partial charge in [-0.25, -0.2) is 4.98 Å². The summed E-state index contributed by atoms with van der Waals surface area (Å²) in [6.45, 7) is 1.58. The summed E-state index contributed by atoms with van der Waals surface area (Å²) in [5.41, 5.74) is 2.64. The van der Waals surface area contributed by atoms with E-state index in [1.165, 1.54) is 0 Å². The summed E-state index contributed by atoms with van der Waals surface area (Å²) >= 11 is 0. The van der Waals surface area contributed by atoms with Gasteiger partial charge in [0.15, 0.2) is 5.78 Å². The third kappa shape index (κ3) is 1.68. The maximum absolute atomic E-state index is 11.3. The first-order valence-corrected chi connectivity index (χ1v) is 5.54. The quantitative estimate of drug-likeness (QED) is 0.464. The molecule has 2 heteroatoms. The zero-order chi connectivity index (χ0) is 11.8. The fraction of sp³-hybridized carbons (Fsp3) is 0.0667. The van der Waals surface area contributed by atoms with Gasteiger partial charge >= 0.3 is 0 Å². The molecule has 3 aromatic rings. The van der Waals surface area contributed by atoms with Crippen LogP contribution in [0.25, 0.3) is 21.8 Å². The molecule has 0 N–H and O–H groups in total. The summed E-state index contributed by atoms with van der Waals surface area (Å²) in [6, 6.07) is 15.7. The molecule has 0 aliphatic carbocycles. The molecule has 0 fully saturated rings. The van der Waals surface area contributed by atoms with Crippen LogP contribution in [-0.2, 0) is 0 Å². The van der Waals surface area contributed by atoms with Crippen molar-refractivity contribution < 1.29 is 4.79 Å². The second kappa shape index (κ2) is 3.67. The third-order valence-electron chi connectivity index (χ3n) is 2.92. The lowest BCUT2D eigenvalue weighted by Crippen LogP contribution is -1.92. The molecule has 0 unspecified atom stereocenters. The monoisotopic (exact) mass is 221 g/mol. The molecule has 1 aromatic heterocycles. The topological polar surface area (TPSA) is 30.0 Å². The van der Waals surface area contributed by atoms with E-state index in [4.69, 9.17) is 0 Å². The Labute approximate surface area is 98.9 Å². The van der Waals surface area contributed by atoms with Gasteiger partial charge in [0, 0.05) is 16.3 Å². The fourth-order valence-corrected chi connectivity index (χ4v) is 2.00. The van der Waals surface area contributed by atoms with Gasteiger partial charge in [-0.15, -0.1) is 0 Å². The van der Waals surface area contributed by atoms with Gasteiger partial charge in [-0.05, 0) is 37.3 Å². The summed E-state index contributed by atoms with van der Waals surface area (Å²) in [6.07, 6.45) is 0. The van der Waals surface area contributed by atoms with Crippen LogP contribution in [0.4, 0.5) is 0 Å². The minimum atomic E-state index is 0.0834. The molecule has 0 radical (unpaired) electrons. The molecule has 2 aromatic carbocycles. The number of benzene rings is 2. The number of rotatable bonds is 1. The number of carbonyl (C=O) groups is 1. The SMILES string of the molecule is CC(=O)c1ccc2nc3ccccc3cc2c1. The molecule has 0 aliphatic heterocycles. The highest BCUT2D eigenvalue weighted by molar-refractivity contribution is 6.00. The number of ketones is 1. The smallest absolute Gasteiger partial charge is 0.159 e. The van der Waals surface area contributed by atoms with Crippen molar-refractivity contribution in [3.05, 3.63) is 54.1 Å². The number of para-hydroxylation sites is 1. The lowest BCUT2D eigenvalue weighted by molar-refractivity contribution is 0.101. The van der Waals surface area contributed by atoms with Crippen LogP contribution in [-0.4, -0.2) is 10.8 Å². The average molecular weight is 221 g/mol. The van der Waals surface area contributed by atoms with Gasteiger partial charge in [-0.3, -0.25) is 4.79 Å². The van der Waals surface area contributed by atoms with Gasteiger partial charge in [0.05, 0.1) is 11.0 Å². The zero-order valence-corrected chi connectivity index (χ0v) is 9.47. The van der Waals surface area contributed by atoms with Crippen LogP contribution in [0, 0.1) is 0 Å². The first-order valence-electron chi connectivity index (χ1n) is 5.54. The number of carbonyl (C=O) groups excluding carboxylic acids is 1. The van der Waals surface area contributed by atoms with Crippen LogP contribution in [0.1, 0.15) is 17.3 Å². The van der Waals surface area contributed by atoms with Crippen LogP contribution in [0.5, 0.6) is 0 Å². The molecular formula is C15H11NO. The van der Waals surface area contributed by atoms with Gasteiger partial charge in [0.25, 0.3) is 0 Å². The van der Waals surface area contributed by atoms with E-state index in [-0.39, 0.29) is 5.78 Å². The molecule has 0 atom stereocenters. The Balaban J connectivity index is 2.36. The van der Waals surface area contributed by atoms with Gasteiger partial charge < -0.3 is 0 Å². The van der Waals surface area contributed by atoms with Gasteiger partial charge in [-0.2, -0.15) is 0 Å². The third-order valence-corrected chi connectivity index (χ3v) is 2.92. The number of hydrogen-bond donors (Lipinski definition) is 0. The van der Waals surface area contributed by atoms with Crippen molar-refractivity contribution >= 4 is 27.6 Å². The molecule has 0 saturated carbocycles. The van der Waals surface area contributed by atoms with Crippen LogP contribution in [0.2, 0.25) is 0 Å². The van der Waals surface area contributed by atoms with Gasteiger partial charge in [0.2, 0.25) is 0 Å². The minimum Gasteiger partial charge on any atom is -0.295 e. The Morgan fingerprint density at radius 3 is 2.53 bits per heavy atom. The van der Waals surface area contributed by atoms with E-state index in [9.17, 15) is 4.79 Å². The number of nitrogens with zero attached hydrogens (tertiary/aromatic N) is 1. The Hall–Kier alpha value is -2.22. The van der Waals surface area contributed by atoms with E-state index in [1.807, 2.05) is 42.5 Å². The molecule has 0 aliphatic rings. The van der Waals surface area contributed by atoms with Crippen molar-refractivity contribution in [2.24, 2.45) is 0 Å². The Bertz CT molecular complexity index is 731. The number of aromatic nitrogens is 1. The zero-order valence-electron chi connectivity index (χ0n) is 9.47. The van der Waals surface area contributed by atoms with Crippen molar-refractivity contribution in [2.75, 3.05) is 0 Å². The average Bonchev–Trinajstić information content (AvgIpc) is 2.35. The van der Waals surface area contributed by atoms with E-state index in [1.54, 1.807) is 6.92 Å². The number of pyridine rings is 1. The van der Waals surface area contributed by atoms with Crippen LogP contribution < -0.4 is 0 Å². The van der Waals surface area contributed by atoms with E-state index in [0.29, 0.717) is 0 Å². The second-order valence-corrected chi connectivity index (χ2v) is 4.14. The number of Topliss-reactive ketones (excluding diaryl/α,β-unsaturated/α-hetero) is 1. The maximum Gasteiger partial charge on any atom is 0.159 e. The van der Waals surface area contributed by atoms with Crippen LogP contribution in [0.15, 0.2) is 48.5 Å². The molecular weight excluding hydrogens is 210 g/mol. The lowest BCUT2D eigenvalue weighted by atomic mass is 10.1. The molecule has 0 amide bonds. The molecule has 2 nitrogen and oxygen atoms in total. The predicted molar refractivity (Wildman–Crippen MR) is 69.3 cm³/mol. The number of hydrogen-bond acceptors (Lipinski definition) is 2. The fourth-order valence-electron chi connectivity index (χ4n) is 2.00. The first-order chi connectivity index (χ1) is 8.24. The van der Waals surface area contributed by atoms with Crippen molar-refractivity contribution in [3.63, 3.8) is 0 Å². The summed E-state index contributed by atoms with van der Waals surface area (Å²) in [4.78, 5) is 15.9. The van der Waals surface area contributed by atoms with Crippen LogP contribution in [0.3, 0.4) is 0 Å². The largest absolute Gasteiger partial charge is 0.295 e. The summed E-state index contributed by atoms with van der Waals surface area (Å²) in [7, 11) is 0. The Kier molecular flexibility index (Phi) is 2.15. The molecule has 17 heavy (non-hydrogen) atoms. The predicted octanol–water partition coefficient (Wildman–Crippen LogP) is 3.59. The first kappa shape index (κ1) is 9.97. The van der Waals surface area contributed by atoms with Gasteiger partial charge in [0.1, 0.15) is 0 Å². The van der Waals surface area contributed by atoms with Crippen molar-refractivity contribution in [1.29, 1.82) is 0 Å². The summed E-state index contributed by atoms with van der Waals surface area (Å²) in [5, 5.41) is 2.11. The van der Waals surface area contributed by atoms with Crippen molar-refractivity contribution in [2.45, 2.75) is 6.92 Å². The van der Waals surface area contributed by atoms with Crippen molar-refractivity contribution in [1.82, 2.24) is 4.98 Å². The normalized spacial score (nSPS) is 10.9. The van der Waals surface area contributed by atoms with Crippen molar-refractivity contribution in [3.8, 4) is 0 Å². The standard InChI is InChI=1S/C15H11NO/c1-10(17)11-6-7-15-13(8-11)9-12-4-2-3-5-14(12)16-15/h2-9H,1H3.